The molecule has 0 spiro atoms. The van der Waals surface area contributed by atoms with Crippen molar-refractivity contribution < 1.29 is 23.7 Å². The van der Waals surface area contributed by atoms with Gasteiger partial charge in [-0.3, -0.25) is 0 Å². The van der Waals surface area contributed by atoms with E-state index in [9.17, 15) is 0 Å². The molecule has 0 unspecified atom stereocenters. The molecule has 0 radical (unpaired) electrons. The van der Waals surface area contributed by atoms with Crippen molar-refractivity contribution in [3.8, 4) is 28.7 Å². The fraction of sp³-hybridized carbons (Fsp3) is 0.357. The van der Waals surface area contributed by atoms with E-state index in [2.05, 4.69) is 12.1 Å². The van der Waals surface area contributed by atoms with E-state index in [4.69, 9.17) is 23.7 Å². The van der Waals surface area contributed by atoms with E-state index in [0.29, 0.717) is 20.0 Å². The minimum Gasteiger partial charge on any atom is -0.493 e. The highest BCUT2D eigenvalue weighted by molar-refractivity contribution is 5.41. The number of hydrogen-bond donors (Lipinski definition) is 0. The summed E-state index contributed by atoms with van der Waals surface area (Å²) in [4.78, 5) is 0. The maximum Gasteiger partial charge on any atom is 0.231 e. The number of para-hydroxylation sites is 5. The third-order valence-corrected chi connectivity index (χ3v) is 4.55. The smallest absolute Gasteiger partial charge is 0.231 e. The molecule has 3 aliphatic heterocycles. The molecule has 0 atom stereocenters. The van der Waals surface area contributed by atoms with Crippen LogP contribution in [0.1, 0.15) is 41.7 Å². The Bertz CT molecular complexity index is 801. The van der Waals surface area contributed by atoms with Gasteiger partial charge in [0.15, 0.2) is 23.0 Å². The van der Waals surface area contributed by atoms with Gasteiger partial charge < -0.3 is 23.7 Å². The Balaban J connectivity index is 0.000000439. The van der Waals surface area contributed by atoms with Crippen LogP contribution in [-0.4, -0.2) is 26.6 Å². The van der Waals surface area contributed by atoms with Gasteiger partial charge in [0.2, 0.25) is 6.79 Å². The molecule has 6 rings (SSSR count). The maximum absolute atomic E-state index is 5.42. The van der Waals surface area contributed by atoms with Gasteiger partial charge >= 0.3 is 0 Å². The Morgan fingerprint density at radius 3 is 1.30 bits per heavy atom. The van der Waals surface area contributed by atoms with Crippen LogP contribution >= 0.6 is 0 Å². The van der Waals surface area contributed by atoms with Crippen LogP contribution in [0.4, 0.5) is 0 Å². The number of ether oxygens (including phenoxy) is 5. The highest BCUT2D eigenvalue weighted by atomic mass is 16.7. The van der Waals surface area contributed by atoms with Crippen molar-refractivity contribution in [3.63, 3.8) is 0 Å². The van der Waals surface area contributed by atoms with Gasteiger partial charge in [-0.2, -0.15) is 0 Å². The molecule has 33 heavy (non-hydrogen) atoms. The van der Waals surface area contributed by atoms with Crippen LogP contribution in [0.2, 0.25) is 0 Å². The number of aryl methyl sites for hydroxylation is 1. The van der Waals surface area contributed by atoms with Crippen LogP contribution in [0.25, 0.3) is 0 Å². The van der Waals surface area contributed by atoms with Gasteiger partial charge in [0, 0.05) is 0 Å². The molecule has 0 saturated heterocycles. The topological polar surface area (TPSA) is 46.2 Å². The van der Waals surface area contributed by atoms with E-state index >= 15 is 0 Å². The van der Waals surface area contributed by atoms with Crippen LogP contribution in [0, 0.1) is 0 Å². The lowest BCUT2D eigenvalue weighted by atomic mass is 10.1. The fourth-order valence-electron chi connectivity index (χ4n) is 3.13. The Morgan fingerprint density at radius 2 is 0.818 bits per heavy atom. The standard InChI is InChI=1S/C9H10O.C8H8O2.C7H6O2.4CH4/c1-2-6-9-8(4-1)5-3-7-10-9;1-2-4-8-7(3-1)9-5-6-10-8;1-2-4-7-6(3-1)8-5-9-7;;;;/h1-2,4,6H,3,5,7H2;1-4H,5-6H2;1-4H,5H2;4*1H4. The van der Waals surface area contributed by atoms with Crippen LogP contribution in [0.5, 0.6) is 28.7 Å². The van der Waals surface area contributed by atoms with Crippen LogP contribution in [0.15, 0.2) is 72.8 Å². The third-order valence-electron chi connectivity index (χ3n) is 4.55. The van der Waals surface area contributed by atoms with Crippen LogP contribution < -0.4 is 23.7 Å². The van der Waals surface area contributed by atoms with Crippen LogP contribution in [-0.2, 0) is 6.42 Å². The van der Waals surface area contributed by atoms with Crippen molar-refractivity contribution in [1.29, 1.82) is 0 Å². The van der Waals surface area contributed by atoms with Gasteiger partial charge in [-0.25, -0.2) is 0 Å². The molecular formula is C28H40O5. The average Bonchev–Trinajstić information content (AvgIpc) is 3.29. The number of hydrogen-bond acceptors (Lipinski definition) is 5. The summed E-state index contributed by atoms with van der Waals surface area (Å²) in [7, 11) is 0. The summed E-state index contributed by atoms with van der Waals surface area (Å²) >= 11 is 0. The summed E-state index contributed by atoms with van der Waals surface area (Å²) in [6.07, 6.45) is 2.34. The Kier molecular flexibility index (Phi) is 13.9. The predicted molar refractivity (Wildman–Crippen MR) is 137 cm³/mol. The lowest BCUT2D eigenvalue weighted by Crippen LogP contribution is -2.14. The lowest BCUT2D eigenvalue weighted by Gasteiger charge is -2.17. The Hall–Kier alpha value is -3.34. The predicted octanol–water partition coefficient (Wildman–Crippen LogP) is 7.43. The van der Waals surface area contributed by atoms with E-state index in [0.717, 1.165) is 41.8 Å². The van der Waals surface area contributed by atoms with E-state index in [1.165, 1.54) is 12.0 Å². The van der Waals surface area contributed by atoms with Crippen molar-refractivity contribution in [2.24, 2.45) is 0 Å². The van der Waals surface area contributed by atoms with Gasteiger partial charge in [-0.1, -0.05) is 72.2 Å². The molecule has 182 valence electrons. The Labute approximate surface area is 200 Å². The first-order chi connectivity index (χ1) is 14.4. The first-order valence-electron chi connectivity index (χ1n) is 9.80. The molecule has 0 aromatic heterocycles. The first kappa shape index (κ1) is 29.7. The zero-order chi connectivity index (χ0) is 19.7. The highest BCUT2D eigenvalue weighted by Gasteiger charge is 2.10. The van der Waals surface area contributed by atoms with Crippen molar-refractivity contribution >= 4 is 0 Å². The summed E-state index contributed by atoms with van der Waals surface area (Å²) in [6.45, 7) is 2.57. The molecule has 5 nitrogen and oxygen atoms in total. The number of rotatable bonds is 0. The monoisotopic (exact) mass is 456 g/mol. The minimum atomic E-state index is 0. The summed E-state index contributed by atoms with van der Waals surface area (Å²) in [6, 6.07) is 23.6. The first-order valence-corrected chi connectivity index (χ1v) is 9.80. The molecule has 3 aromatic carbocycles. The van der Waals surface area contributed by atoms with Crippen molar-refractivity contribution in [2.75, 3.05) is 26.6 Å². The molecule has 3 heterocycles. The zero-order valence-electron chi connectivity index (χ0n) is 16.2. The van der Waals surface area contributed by atoms with Gasteiger partial charge in [-0.05, 0) is 48.7 Å². The minimum absolute atomic E-state index is 0. The molecule has 0 N–H and O–H groups in total. The van der Waals surface area contributed by atoms with E-state index in [1.807, 2.05) is 60.7 Å². The van der Waals surface area contributed by atoms with Gasteiger partial charge in [0.25, 0.3) is 0 Å². The SMILES string of the molecule is C.C.C.C.c1ccc2c(c1)CCCO2.c1ccc2c(c1)OCCO2.c1ccc2c(c1)OCO2. The van der Waals surface area contributed by atoms with Crippen molar-refractivity contribution in [2.45, 2.75) is 42.5 Å². The second-order valence-electron chi connectivity index (χ2n) is 6.56. The molecule has 0 bridgehead atoms. The average molecular weight is 457 g/mol. The molecule has 0 saturated carbocycles. The lowest BCUT2D eigenvalue weighted by molar-refractivity contribution is 0.171. The molecule has 3 aromatic rings. The molecular weight excluding hydrogens is 416 g/mol. The number of benzene rings is 3. The second-order valence-corrected chi connectivity index (χ2v) is 6.56. The Morgan fingerprint density at radius 1 is 0.424 bits per heavy atom. The second kappa shape index (κ2) is 15.5. The molecule has 0 aliphatic carbocycles. The van der Waals surface area contributed by atoms with E-state index in [-0.39, 0.29) is 29.7 Å². The van der Waals surface area contributed by atoms with Gasteiger partial charge in [0.1, 0.15) is 19.0 Å². The van der Waals surface area contributed by atoms with E-state index < -0.39 is 0 Å². The van der Waals surface area contributed by atoms with Gasteiger partial charge in [-0.15, -0.1) is 0 Å². The summed E-state index contributed by atoms with van der Waals surface area (Å²) in [5.41, 5.74) is 1.36. The largest absolute Gasteiger partial charge is 0.493 e. The maximum atomic E-state index is 5.42. The molecule has 3 aliphatic rings. The summed E-state index contributed by atoms with van der Waals surface area (Å²) in [5.74, 6) is 4.48. The van der Waals surface area contributed by atoms with Crippen molar-refractivity contribution in [3.05, 3.63) is 78.4 Å². The van der Waals surface area contributed by atoms with E-state index in [1.54, 1.807) is 0 Å². The molecule has 0 fully saturated rings. The molecule has 0 amide bonds. The quantitative estimate of drug-likeness (QED) is 0.352. The third kappa shape index (κ3) is 8.26. The number of fused-ring (bicyclic) bond motifs is 3. The summed E-state index contributed by atoms with van der Waals surface area (Å²) < 4.78 is 26.2. The highest BCUT2D eigenvalue weighted by Crippen LogP contribution is 2.30. The fourth-order valence-corrected chi connectivity index (χ4v) is 3.13. The van der Waals surface area contributed by atoms with Crippen molar-refractivity contribution in [1.82, 2.24) is 0 Å². The summed E-state index contributed by atoms with van der Waals surface area (Å²) in [5, 5.41) is 0. The normalized spacial score (nSPS) is 13.0. The van der Waals surface area contributed by atoms with Crippen LogP contribution in [0.3, 0.4) is 0 Å². The van der Waals surface area contributed by atoms with Gasteiger partial charge in [0.05, 0.1) is 6.61 Å². The zero-order valence-corrected chi connectivity index (χ0v) is 16.2. The molecule has 5 heteroatoms.